The minimum absolute atomic E-state index is 0.0175. The molecular weight excluding hydrogens is 184 g/mol. The van der Waals surface area contributed by atoms with Crippen molar-refractivity contribution in [1.82, 2.24) is 4.90 Å². The maximum Gasteiger partial charge on any atom is 0.250 e. The molecule has 3 heteroatoms. The van der Waals surface area contributed by atoms with Gasteiger partial charge in [0.2, 0.25) is 0 Å². The van der Waals surface area contributed by atoms with Gasteiger partial charge < -0.3 is 0 Å². The van der Waals surface area contributed by atoms with Crippen LogP contribution in [0.4, 0.5) is 8.78 Å². The molecule has 80 valence electrons. The molecule has 0 unspecified atom stereocenters. The Balaban J connectivity index is 2.27. The van der Waals surface area contributed by atoms with Gasteiger partial charge in [0, 0.05) is 31.8 Å². The lowest BCUT2D eigenvalue weighted by molar-refractivity contribution is -0.0527. The summed E-state index contributed by atoms with van der Waals surface area (Å²) in [5.74, 6) is 3.97. The highest BCUT2D eigenvalue weighted by Gasteiger charge is 2.33. The van der Waals surface area contributed by atoms with Crippen molar-refractivity contribution < 1.29 is 8.78 Å². The highest BCUT2D eigenvalue weighted by molar-refractivity contribution is 5.03. The second-order valence-electron chi connectivity index (χ2n) is 4.11. The SMILES string of the molecule is CC(C)C#CCN1CCC(F)(F)CC1. The molecule has 0 saturated carbocycles. The van der Waals surface area contributed by atoms with Gasteiger partial charge in [-0.15, -0.1) is 0 Å². The molecule has 0 spiro atoms. The van der Waals surface area contributed by atoms with E-state index in [9.17, 15) is 8.78 Å². The van der Waals surface area contributed by atoms with Gasteiger partial charge in [-0.1, -0.05) is 25.7 Å². The number of hydrogen-bond donors (Lipinski definition) is 0. The highest BCUT2D eigenvalue weighted by atomic mass is 19.3. The van der Waals surface area contributed by atoms with E-state index in [-0.39, 0.29) is 12.8 Å². The average Bonchev–Trinajstić information content (AvgIpc) is 2.07. The molecule has 1 aliphatic rings. The summed E-state index contributed by atoms with van der Waals surface area (Å²) < 4.78 is 25.5. The third kappa shape index (κ3) is 4.06. The number of piperidine rings is 1. The fraction of sp³-hybridized carbons (Fsp3) is 0.818. The summed E-state index contributed by atoms with van der Waals surface area (Å²) in [5, 5.41) is 0. The molecular formula is C11H17F2N. The van der Waals surface area contributed by atoms with E-state index in [4.69, 9.17) is 0 Å². The molecule has 0 radical (unpaired) electrons. The van der Waals surface area contributed by atoms with Gasteiger partial charge in [-0.3, -0.25) is 4.90 Å². The predicted molar refractivity (Wildman–Crippen MR) is 53.2 cm³/mol. The normalized spacial score (nSPS) is 21.8. The molecule has 0 aliphatic carbocycles. The van der Waals surface area contributed by atoms with E-state index >= 15 is 0 Å². The van der Waals surface area contributed by atoms with Gasteiger partial charge in [0.15, 0.2) is 0 Å². The Morgan fingerprint density at radius 2 is 1.86 bits per heavy atom. The first kappa shape index (κ1) is 11.5. The van der Waals surface area contributed by atoms with Crippen LogP contribution in [0.15, 0.2) is 0 Å². The lowest BCUT2D eigenvalue weighted by Crippen LogP contribution is -2.39. The molecule has 0 aromatic rings. The maximum absolute atomic E-state index is 12.8. The first-order chi connectivity index (χ1) is 6.49. The standard InChI is InChI=1S/C11H17F2N/c1-10(2)4-3-7-14-8-5-11(12,13)6-9-14/h10H,5-9H2,1-2H3. The van der Waals surface area contributed by atoms with E-state index in [2.05, 4.69) is 11.8 Å². The molecule has 1 heterocycles. The van der Waals surface area contributed by atoms with Crippen LogP contribution in [-0.2, 0) is 0 Å². The van der Waals surface area contributed by atoms with Gasteiger partial charge in [-0.2, -0.15) is 0 Å². The van der Waals surface area contributed by atoms with Gasteiger partial charge in [-0.05, 0) is 0 Å². The second-order valence-corrected chi connectivity index (χ2v) is 4.11. The van der Waals surface area contributed by atoms with Crippen molar-refractivity contribution in [2.24, 2.45) is 5.92 Å². The minimum atomic E-state index is -2.44. The molecule has 0 atom stereocenters. The summed E-state index contributed by atoms with van der Waals surface area (Å²) in [6.45, 7) is 5.63. The Morgan fingerprint density at radius 1 is 1.29 bits per heavy atom. The number of hydrogen-bond acceptors (Lipinski definition) is 1. The Morgan fingerprint density at radius 3 is 2.36 bits per heavy atom. The Labute approximate surface area is 84.5 Å². The van der Waals surface area contributed by atoms with Crippen molar-refractivity contribution in [3.8, 4) is 11.8 Å². The molecule has 0 aromatic heterocycles. The molecule has 0 N–H and O–H groups in total. The number of likely N-dealkylation sites (tertiary alicyclic amines) is 1. The van der Waals surface area contributed by atoms with Crippen LogP contribution < -0.4 is 0 Å². The molecule has 1 aliphatic heterocycles. The zero-order valence-corrected chi connectivity index (χ0v) is 8.82. The molecule has 0 amide bonds. The molecule has 0 aromatic carbocycles. The molecule has 14 heavy (non-hydrogen) atoms. The lowest BCUT2D eigenvalue weighted by atomic mass is 10.1. The van der Waals surface area contributed by atoms with Crippen LogP contribution in [0.2, 0.25) is 0 Å². The minimum Gasteiger partial charge on any atom is -0.292 e. The van der Waals surface area contributed by atoms with Crippen LogP contribution in [0.1, 0.15) is 26.7 Å². The topological polar surface area (TPSA) is 3.24 Å². The van der Waals surface area contributed by atoms with E-state index in [1.54, 1.807) is 0 Å². The van der Waals surface area contributed by atoms with Gasteiger partial charge in [-0.25, -0.2) is 8.78 Å². The number of rotatable bonds is 1. The van der Waals surface area contributed by atoms with E-state index in [0.717, 1.165) is 0 Å². The fourth-order valence-corrected chi connectivity index (χ4v) is 1.40. The van der Waals surface area contributed by atoms with Crippen LogP contribution in [0.25, 0.3) is 0 Å². The first-order valence-corrected chi connectivity index (χ1v) is 5.08. The largest absolute Gasteiger partial charge is 0.292 e. The Kier molecular flexibility index (Phi) is 3.88. The maximum atomic E-state index is 12.8. The third-order valence-corrected chi connectivity index (χ3v) is 2.28. The predicted octanol–water partition coefficient (Wildman–Crippen LogP) is 2.38. The van der Waals surface area contributed by atoms with Crippen molar-refractivity contribution in [3.05, 3.63) is 0 Å². The average molecular weight is 201 g/mol. The molecule has 1 saturated heterocycles. The summed E-state index contributed by atoms with van der Waals surface area (Å²) in [4.78, 5) is 1.99. The summed E-state index contributed by atoms with van der Waals surface area (Å²) >= 11 is 0. The molecule has 1 nitrogen and oxygen atoms in total. The Bertz CT molecular complexity index is 227. The quantitative estimate of drug-likeness (QED) is 0.589. The zero-order chi connectivity index (χ0) is 10.6. The first-order valence-electron chi connectivity index (χ1n) is 5.08. The lowest BCUT2D eigenvalue weighted by Gasteiger charge is -2.30. The highest BCUT2D eigenvalue weighted by Crippen LogP contribution is 2.27. The zero-order valence-electron chi connectivity index (χ0n) is 8.82. The van der Waals surface area contributed by atoms with Crippen LogP contribution in [0, 0.1) is 17.8 Å². The van der Waals surface area contributed by atoms with Crippen molar-refractivity contribution >= 4 is 0 Å². The van der Waals surface area contributed by atoms with Gasteiger partial charge >= 0.3 is 0 Å². The third-order valence-electron chi connectivity index (χ3n) is 2.28. The summed E-state index contributed by atoms with van der Waals surface area (Å²) in [6, 6.07) is 0. The summed E-state index contributed by atoms with van der Waals surface area (Å²) in [7, 11) is 0. The van der Waals surface area contributed by atoms with Gasteiger partial charge in [0.25, 0.3) is 5.92 Å². The number of halogens is 2. The van der Waals surface area contributed by atoms with E-state index in [1.807, 2.05) is 18.7 Å². The fourth-order valence-electron chi connectivity index (χ4n) is 1.40. The van der Waals surface area contributed by atoms with Crippen LogP contribution in [0.3, 0.4) is 0 Å². The van der Waals surface area contributed by atoms with Gasteiger partial charge in [0.05, 0.1) is 6.54 Å². The van der Waals surface area contributed by atoms with Crippen molar-refractivity contribution in [2.45, 2.75) is 32.6 Å². The van der Waals surface area contributed by atoms with Crippen LogP contribution in [0.5, 0.6) is 0 Å². The van der Waals surface area contributed by atoms with Crippen molar-refractivity contribution in [1.29, 1.82) is 0 Å². The van der Waals surface area contributed by atoms with Crippen molar-refractivity contribution in [2.75, 3.05) is 19.6 Å². The monoisotopic (exact) mass is 201 g/mol. The van der Waals surface area contributed by atoms with E-state index in [1.165, 1.54) is 0 Å². The summed E-state index contributed by atoms with van der Waals surface area (Å²) in [5.41, 5.74) is 0. The van der Waals surface area contributed by atoms with Crippen molar-refractivity contribution in [3.63, 3.8) is 0 Å². The van der Waals surface area contributed by atoms with Crippen LogP contribution in [-0.4, -0.2) is 30.5 Å². The molecule has 1 fully saturated rings. The number of nitrogens with zero attached hydrogens (tertiary/aromatic N) is 1. The van der Waals surface area contributed by atoms with Crippen LogP contribution >= 0.6 is 0 Å². The Hall–Kier alpha value is -0.620. The smallest absolute Gasteiger partial charge is 0.250 e. The van der Waals surface area contributed by atoms with Gasteiger partial charge in [0.1, 0.15) is 0 Å². The summed E-state index contributed by atoms with van der Waals surface area (Å²) in [6.07, 6.45) is -0.0350. The molecule has 0 bridgehead atoms. The molecule has 1 rings (SSSR count). The second kappa shape index (κ2) is 4.75. The number of alkyl halides is 2. The van der Waals surface area contributed by atoms with E-state index < -0.39 is 5.92 Å². The van der Waals surface area contributed by atoms with E-state index in [0.29, 0.717) is 25.6 Å².